The fraction of sp³-hybridized carbons (Fsp3) is 0.625. The molecule has 0 fully saturated rings. The van der Waals surface area contributed by atoms with Crippen molar-refractivity contribution in [3.8, 4) is 0 Å². The van der Waals surface area contributed by atoms with Gasteiger partial charge in [-0.15, -0.1) is 19.0 Å². The van der Waals surface area contributed by atoms with Crippen LogP contribution in [0.1, 0.15) is 19.3 Å². The molecule has 0 saturated heterocycles. The monoisotopic (exact) mass is 176 g/mol. The number of rotatable bonds is 4. The molecule has 66 valence electrons. The molecular formula is C8H17ClN2. The summed E-state index contributed by atoms with van der Waals surface area (Å²) in [7, 11) is 3.80. The summed E-state index contributed by atoms with van der Waals surface area (Å²) < 4.78 is 0. The molecule has 1 N–H and O–H groups in total. The van der Waals surface area contributed by atoms with Gasteiger partial charge < -0.3 is 4.90 Å². The van der Waals surface area contributed by atoms with Crippen LogP contribution in [0.2, 0.25) is 0 Å². The van der Waals surface area contributed by atoms with Gasteiger partial charge in [0.15, 0.2) is 0 Å². The Bertz CT molecular complexity index is 121. The zero-order chi connectivity index (χ0) is 7.98. The van der Waals surface area contributed by atoms with Crippen LogP contribution in [-0.4, -0.2) is 24.8 Å². The number of allylic oxidation sites excluding steroid dienone is 1. The normalized spacial score (nSPS) is 8.18. The van der Waals surface area contributed by atoms with Crippen molar-refractivity contribution in [1.29, 1.82) is 5.41 Å². The SMILES string of the molecule is C=CCCCC(=N)N(C)C.Cl. The molecule has 0 aliphatic rings. The molecule has 0 heterocycles. The summed E-state index contributed by atoms with van der Waals surface area (Å²) in [6.07, 6.45) is 4.80. The lowest BCUT2D eigenvalue weighted by atomic mass is 10.2. The van der Waals surface area contributed by atoms with Gasteiger partial charge in [-0.2, -0.15) is 0 Å². The second-order valence-electron chi connectivity index (χ2n) is 2.52. The van der Waals surface area contributed by atoms with Crippen molar-refractivity contribution in [2.45, 2.75) is 19.3 Å². The van der Waals surface area contributed by atoms with Crippen molar-refractivity contribution in [1.82, 2.24) is 4.90 Å². The fourth-order valence-electron chi connectivity index (χ4n) is 0.637. The molecule has 0 spiro atoms. The van der Waals surface area contributed by atoms with Crippen molar-refractivity contribution >= 4 is 18.2 Å². The van der Waals surface area contributed by atoms with Gasteiger partial charge in [-0.1, -0.05) is 6.08 Å². The highest BCUT2D eigenvalue weighted by atomic mass is 35.5. The highest BCUT2D eigenvalue weighted by molar-refractivity contribution is 5.85. The maximum atomic E-state index is 7.41. The third kappa shape index (κ3) is 7.40. The van der Waals surface area contributed by atoms with E-state index in [-0.39, 0.29) is 12.4 Å². The Morgan fingerprint density at radius 3 is 2.45 bits per heavy atom. The summed E-state index contributed by atoms with van der Waals surface area (Å²) in [5.74, 6) is 0.696. The van der Waals surface area contributed by atoms with Gasteiger partial charge in [0.05, 0.1) is 5.84 Å². The van der Waals surface area contributed by atoms with Gasteiger partial charge >= 0.3 is 0 Å². The minimum absolute atomic E-state index is 0. The second kappa shape index (κ2) is 7.61. The highest BCUT2D eigenvalue weighted by Gasteiger charge is 1.95. The van der Waals surface area contributed by atoms with Gasteiger partial charge in [0, 0.05) is 20.5 Å². The maximum Gasteiger partial charge on any atom is 0.0952 e. The van der Waals surface area contributed by atoms with Crippen molar-refractivity contribution in [2.75, 3.05) is 14.1 Å². The quantitative estimate of drug-likeness (QED) is 0.303. The molecule has 0 aliphatic carbocycles. The Hall–Kier alpha value is -0.500. The van der Waals surface area contributed by atoms with Gasteiger partial charge in [0.2, 0.25) is 0 Å². The summed E-state index contributed by atoms with van der Waals surface area (Å²) in [4.78, 5) is 1.84. The van der Waals surface area contributed by atoms with Crippen LogP contribution in [-0.2, 0) is 0 Å². The molecule has 0 amide bonds. The highest BCUT2D eigenvalue weighted by Crippen LogP contribution is 1.97. The van der Waals surface area contributed by atoms with E-state index in [4.69, 9.17) is 5.41 Å². The predicted octanol–water partition coefficient (Wildman–Crippen LogP) is 2.30. The number of nitrogens with zero attached hydrogens (tertiary/aromatic N) is 1. The van der Waals surface area contributed by atoms with Crippen LogP contribution in [0.5, 0.6) is 0 Å². The number of halogens is 1. The molecule has 3 heteroatoms. The van der Waals surface area contributed by atoms with Crippen molar-refractivity contribution in [2.24, 2.45) is 0 Å². The van der Waals surface area contributed by atoms with Gasteiger partial charge in [0.25, 0.3) is 0 Å². The van der Waals surface area contributed by atoms with Gasteiger partial charge in [-0.3, -0.25) is 5.41 Å². The molecule has 11 heavy (non-hydrogen) atoms. The molecule has 0 rings (SSSR count). The van der Waals surface area contributed by atoms with Crippen molar-refractivity contribution in [3.63, 3.8) is 0 Å². The molecule has 2 nitrogen and oxygen atoms in total. The van der Waals surface area contributed by atoms with E-state index in [1.54, 1.807) is 0 Å². The van der Waals surface area contributed by atoms with Crippen LogP contribution < -0.4 is 0 Å². The smallest absolute Gasteiger partial charge is 0.0952 e. The van der Waals surface area contributed by atoms with E-state index in [0.29, 0.717) is 5.84 Å². The molecule has 0 radical (unpaired) electrons. The summed E-state index contributed by atoms with van der Waals surface area (Å²) in [5.41, 5.74) is 0. The Morgan fingerprint density at radius 2 is 2.09 bits per heavy atom. The minimum atomic E-state index is 0. The number of hydrogen-bond donors (Lipinski definition) is 1. The van der Waals surface area contributed by atoms with E-state index >= 15 is 0 Å². The molecule has 0 unspecified atom stereocenters. The third-order valence-corrected chi connectivity index (χ3v) is 1.36. The van der Waals surface area contributed by atoms with Crippen LogP contribution in [0.15, 0.2) is 12.7 Å². The van der Waals surface area contributed by atoms with E-state index in [1.807, 2.05) is 25.1 Å². The van der Waals surface area contributed by atoms with Gasteiger partial charge in [-0.25, -0.2) is 0 Å². The van der Waals surface area contributed by atoms with E-state index in [1.165, 1.54) is 0 Å². The summed E-state index contributed by atoms with van der Waals surface area (Å²) in [6.45, 7) is 3.62. The van der Waals surface area contributed by atoms with Crippen LogP contribution in [0.25, 0.3) is 0 Å². The molecular weight excluding hydrogens is 160 g/mol. The molecule has 0 aromatic carbocycles. The van der Waals surface area contributed by atoms with E-state index in [0.717, 1.165) is 19.3 Å². The lowest BCUT2D eigenvalue weighted by Gasteiger charge is -2.12. The van der Waals surface area contributed by atoms with Gasteiger partial charge in [-0.05, 0) is 12.8 Å². The lowest BCUT2D eigenvalue weighted by molar-refractivity contribution is 0.592. The Morgan fingerprint density at radius 1 is 1.55 bits per heavy atom. The molecule has 0 saturated carbocycles. The average molecular weight is 177 g/mol. The predicted molar refractivity (Wildman–Crippen MR) is 52.7 cm³/mol. The van der Waals surface area contributed by atoms with E-state index in [9.17, 15) is 0 Å². The van der Waals surface area contributed by atoms with Crippen LogP contribution in [0, 0.1) is 5.41 Å². The van der Waals surface area contributed by atoms with Gasteiger partial charge in [0.1, 0.15) is 0 Å². The topological polar surface area (TPSA) is 27.1 Å². The Balaban J connectivity index is 0. The first-order valence-corrected chi connectivity index (χ1v) is 3.54. The zero-order valence-corrected chi connectivity index (χ0v) is 8.08. The number of unbranched alkanes of at least 4 members (excludes halogenated alkanes) is 1. The molecule has 0 aromatic rings. The van der Waals surface area contributed by atoms with E-state index < -0.39 is 0 Å². The maximum absolute atomic E-state index is 7.41. The Labute approximate surface area is 75.2 Å². The first-order valence-electron chi connectivity index (χ1n) is 3.54. The summed E-state index contributed by atoms with van der Waals surface area (Å²) in [6, 6.07) is 0. The first-order chi connectivity index (χ1) is 4.68. The van der Waals surface area contributed by atoms with E-state index in [2.05, 4.69) is 6.58 Å². The number of hydrogen-bond acceptors (Lipinski definition) is 1. The largest absolute Gasteiger partial charge is 0.367 e. The summed E-state index contributed by atoms with van der Waals surface area (Å²) >= 11 is 0. The standard InChI is InChI=1S/C8H16N2.ClH/c1-4-5-6-7-8(9)10(2)3;/h4,9H,1,5-7H2,2-3H3;1H. The first kappa shape index (κ1) is 13.1. The zero-order valence-electron chi connectivity index (χ0n) is 7.26. The van der Waals surface area contributed by atoms with Crippen molar-refractivity contribution < 1.29 is 0 Å². The van der Waals surface area contributed by atoms with Crippen LogP contribution in [0.3, 0.4) is 0 Å². The molecule has 0 atom stereocenters. The third-order valence-electron chi connectivity index (χ3n) is 1.36. The average Bonchev–Trinajstić information content (AvgIpc) is 1.88. The van der Waals surface area contributed by atoms with Crippen LogP contribution >= 0.6 is 12.4 Å². The molecule has 0 aliphatic heterocycles. The lowest BCUT2D eigenvalue weighted by Crippen LogP contribution is -2.20. The second-order valence-corrected chi connectivity index (χ2v) is 2.52. The minimum Gasteiger partial charge on any atom is -0.367 e. The summed E-state index contributed by atoms with van der Waals surface area (Å²) in [5, 5.41) is 7.41. The molecule has 0 bridgehead atoms. The fourth-order valence-corrected chi connectivity index (χ4v) is 0.637. The number of amidine groups is 1. The Kier molecular flexibility index (Phi) is 9.07. The molecule has 0 aromatic heterocycles. The number of nitrogens with one attached hydrogen (secondary N) is 1. The van der Waals surface area contributed by atoms with Crippen molar-refractivity contribution in [3.05, 3.63) is 12.7 Å². The van der Waals surface area contributed by atoms with Crippen LogP contribution in [0.4, 0.5) is 0 Å².